The normalized spacial score (nSPS) is 10.8. The zero-order valence-electron chi connectivity index (χ0n) is 10.8. The summed E-state index contributed by atoms with van der Waals surface area (Å²) in [6.07, 6.45) is 1.73. The molecule has 2 nitrogen and oxygen atoms in total. The molecule has 0 fully saturated rings. The molecule has 3 aromatic rings. The predicted octanol–water partition coefficient (Wildman–Crippen LogP) is 6.34. The molecule has 0 atom stereocenters. The highest BCUT2D eigenvalue weighted by Gasteiger charge is 2.10. The molecular formula is C16H10Br2ClNO. The van der Waals surface area contributed by atoms with Crippen molar-refractivity contribution in [1.29, 1.82) is 0 Å². The van der Waals surface area contributed by atoms with Crippen molar-refractivity contribution >= 4 is 54.4 Å². The highest BCUT2D eigenvalue weighted by Crippen LogP contribution is 2.36. The lowest BCUT2D eigenvalue weighted by atomic mass is 10.2. The molecule has 0 spiro atoms. The molecule has 0 aliphatic heterocycles. The summed E-state index contributed by atoms with van der Waals surface area (Å²) < 4.78 is 6.89. The fourth-order valence-electron chi connectivity index (χ4n) is 2.02. The van der Waals surface area contributed by atoms with Crippen LogP contribution in [0.4, 0.5) is 0 Å². The second-order valence-electron chi connectivity index (χ2n) is 4.45. The third kappa shape index (κ3) is 3.07. The van der Waals surface area contributed by atoms with E-state index in [0.717, 1.165) is 26.5 Å². The number of hydrogen-bond donors (Lipinski definition) is 0. The molecule has 0 bridgehead atoms. The number of benzene rings is 2. The molecule has 0 saturated carbocycles. The lowest BCUT2D eigenvalue weighted by Gasteiger charge is -2.11. The summed E-state index contributed by atoms with van der Waals surface area (Å²) in [7, 11) is 0. The van der Waals surface area contributed by atoms with Gasteiger partial charge >= 0.3 is 0 Å². The van der Waals surface area contributed by atoms with Crippen LogP contribution < -0.4 is 4.74 Å². The first kappa shape index (κ1) is 14.8. The van der Waals surface area contributed by atoms with E-state index in [1.54, 1.807) is 6.20 Å². The third-order valence-corrected chi connectivity index (χ3v) is 4.65. The van der Waals surface area contributed by atoms with Crippen LogP contribution in [0.1, 0.15) is 5.56 Å². The molecule has 0 radical (unpaired) electrons. The highest BCUT2D eigenvalue weighted by atomic mass is 79.9. The van der Waals surface area contributed by atoms with Gasteiger partial charge in [0.15, 0.2) is 5.75 Å². The molecule has 0 amide bonds. The first-order valence-electron chi connectivity index (χ1n) is 6.24. The minimum Gasteiger partial charge on any atom is -0.454 e. The lowest BCUT2D eigenvalue weighted by molar-refractivity contribution is 0.484. The number of pyridine rings is 1. The molecule has 21 heavy (non-hydrogen) atoms. The first-order valence-corrected chi connectivity index (χ1v) is 8.54. The van der Waals surface area contributed by atoms with Crippen molar-refractivity contribution in [1.82, 2.24) is 4.98 Å². The molecule has 0 unspecified atom stereocenters. The fraction of sp³-hybridized carbons (Fsp3) is 0.0625. The highest BCUT2D eigenvalue weighted by molar-refractivity contribution is 9.10. The van der Waals surface area contributed by atoms with E-state index in [0.29, 0.717) is 10.8 Å². The molecule has 0 aliphatic carbocycles. The van der Waals surface area contributed by atoms with Gasteiger partial charge in [-0.05, 0) is 57.9 Å². The van der Waals surface area contributed by atoms with Crippen LogP contribution in [-0.2, 0) is 5.33 Å². The van der Waals surface area contributed by atoms with Crippen LogP contribution in [0.15, 0.2) is 53.1 Å². The van der Waals surface area contributed by atoms with Gasteiger partial charge in [-0.1, -0.05) is 33.6 Å². The molecule has 0 N–H and O–H groups in total. The molecule has 106 valence electrons. The number of aromatic nitrogens is 1. The number of halogens is 3. The zero-order chi connectivity index (χ0) is 14.8. The van der Waals surface area contributed by atoms with Gasteiger partial charge in [0, 0.05) is 16.9 Å². The van der Waals surface area contributed by atoms with Crippen molar-refractivity contribution in [2.24, 2.45) is 0 Å². The maximum atomic E-state index is 6.19. The molecule has 0 saturated heterocycles. The Morgan fingerprint density at radius 1 is 1.10 bits per heavy atom. The quantitative estimate of drug-likeness (QED) is 0.455. The molecule has 3 rings (SSSR count). The number of hydrogen-bond acceptors (Lipinski definition) is 2. The number of nitrogens with zero attached hydrogens (tertiary/aromatic N) is 1. The van der Waals surface area contributed by atoms with Crippen molar-refractivity contribution in [3.8, 4) is 11.5 Å². The standard InChI is InChI=1S/C16H10Br2ClNO/c17-9-10-3-5-14(12(18)8-10)21-15-6-4-13(19)11-2-1-7-20-16(11)15/h1-8H,9H2. The van der Waals surface area contributed by atoms with Gasteiger partial charge < -0.3 is 4.74 Å². The van der Waals surface area contributed by atoms with Crippen molar-refractivity contribution in [3.63, 3.8) is 0 Å². The first-order chi connectivity index (χ1) is 10.2. The van der Waals surface area contributed by atoms with E-state index >= 15 is 0 Å². The number of ether oxygens (including phenoxy) is 1. The van der Waals surface area contributed by atoms with Gasteiger partial charge in [-0.3, -0.25) is 4.98 Å². The Balaban J connectivity index is 2.04. The van der Waals surface area contributed by atoms with Crippen LogP contribution in [0, 0.1) is 0 Å². The van der Waals surface area contributed by atoms with Crippen molar-refractivity contribution in [2.75, 3.05) is 0 Å². The molecule has 2 aromatic carbocycles. The summed E-state index contributed by atoms with van der Waals surface area (Å²) in [5, 5.41) is 2.35. The Labute approximate surface area is 144 Å². The minimum atomic E-state index is 0.666. The topological polar surface area (TPSA) is 22.1 Å². The number of rotatable bonds is 3. The molecular weight excluding hydrogens is 417 g/mol. The van der Waals surface area contributed by atoms with E-state index in [-0.39, 0.29) is 0 Å². The van der Waals surface area contributed by atoms with E-state index in [1.807, 2.05) is 42.5 Å². The Morgan fingerprint density at radius 2 is 1.90 bits per heavy atom. The Bertz CT molecular complexity index is 807. The maximum Gasteiger partial charge on any atom is 0.153 e. The average molecular weight is 428 g/mol. The Hall–Kier alpha value is -1.10. The van der Waals surface area contributed by atoms with Crippen molar-refractivity contribution < 1.29 is 4.74 Å². The fourth-order valence-corrected chi connectivity index (χ4v) is 3.09. The minimum absolute atomic E-state index is 0.666. The number of alkyl halides is 1. The summed E-state index contributed by atoms with van der Waals surface area (Å²) in [4.78, 5) is 4.37. The largest absolute Gasteiger partial charge is 0.454 e. The molecule has 5 heteroatoms. The third-order valence-electron chi connectivity index (χ3n) is 3.05. The summed E-state index contributed by atoms with van der Waals surface area (Å²) in [5.74, 6) is 1.43. The van der Waals surface area contributed by atoms with Gasteiger partial charge in [-0.2, -0.15) is 0 Å². The summed E-state index contributed by atoms with van der Waals surface area (Å²) in [6.45, 7) is 0. The molecule has 1 heterocycles. The van der Waals surface area contributed by atoms with Crippen LogP contribution in [0.2, 0.25) is 5.02 Å². The summed E-state index contributed by atoms with van der Waals surface area (Å²) in [5.41, 5.74) is 1.93. The smallest absolute Gasteiger partial charge is 0.153 e. The summed E-state index contributed by atoms with van der Waals surface area (Å²) in [6, 6.07) is 13.4. The van der Waals surface area contributed by atoms with Gasteiger partial charge in [-0.15, -0.1) is 0 Å². The van der Waals surface area contributed by atoms with E-state index in [4.69, 9.17) is 16.3 Å². The second kappa shape index (κ2) is 6.34. The number of fused-ring (bicyclic) bond motifs is 1. The lowest BCUT2D eigenvalue weighted by Crippen LogP contribution is -1.90. The molecule has 1 aromatic heterocycles. The van der Waals surface area contributed by atoms with Gasteiger partial charge in [-0.25, -0.2) is 0 Å². The predicted molar refractivity (Wildman–Crippen MR) is 93.6 cm³/mol. The summed E-state index contributed by atoms with van der Waals surface area (Å²) >= 11 is 13.2. The van der Waals surface area contributed by atoms with Crippen molar-refractivity contribution in [3.05, 3.63) is 63.7 Å². The van der Waals surface area contributed by atoms with Gasteiger partial charge in [0.1, 0.15) is 11.3 Å². The van der Waals surface area contributed by atoms with E-state index in [1.165, 1.54) is 5.56 Å². The second-order valence-corrected chi connectivity index (χ2v) is 6.27. The SMILES string of the molecule is Clc1ccc(Oc2ccc(CBr)cc2Br)c2ncccc12. The van der Waals surface area contributed by atoms with Gasteiger partial charge in [0.2, 0.25) is 0 Å². The van der Waals surface area contributed by atoms with Crippen LogP contribution in [-0.4, -0.2) is 4.98 Å². The zero-order valence-corrected chi connectivity index (χ0v) is 14.7. The average Bonchev–Trinajstić information content (AvgIpc) is 2.52. The Morgan fingerprint density at radius 3 is 2.67 bits per heavy atom. The van der Waals surface area contributed by atoms with E-state index in [9.17, 15) is 0 Å². The van der Waals surface area contributed by atoms with Crippen molar-refractivity contribution in [2.45, 2.75) is 5.33 Å². The van der Waals surface area contributed by atoms with Crippen LogP contribution in [0.5, 0.6) is 11.5 Å². The van der Waals surface area contributed by atoms with E-state index in [2.05, 4.69) is 36.8 Å². The maximum absolute atomic E-state index is 6.19. The van der Waals surface area contributed by atoms with E-state index < -0.39 is 0 Å². The van der Waals surface area contributed by atoms with Crippen LogP contribution >= 0.6 is 43.5 Å². The van der Waals surface area contributed by atoms with Crippen LogP contribution in [0.25, 0.3) is 10.9 Å². The monoisotopic (exact) mass is 425 g/mol. The van der Waals surface area contributed by atoms with Crippen LogP contribution in [0.3, 0.4) is 0 Å². The molecule has 0 aliphatic rings. The van der Waals surface area contributed by atoms with Gasteiger partial charge in [0.05, 0.1) is 9.50 Å². The van der Waals surface area contributed by atoms with Gasteiger partial charge in [0.25, 0.3) is 0 Å². The Kier molecular flexibility index (Phi) is 4.48.